The zero-order chi connectivity index (χ0) is 15.4. The normalized spacial score (nSPS) is 10.2. The number of rotatable bonds is 18. The largest absolute Gasteiger partial charge is 0.468 e. The molecule has 0 N–H and O–H groups in total. The number of carbonyl (C=O) groups is 1. The molecule has 0 fully saturated rings. The number of unbranched alkanes of at least 4 members (excludes halogenated alkanes) is 15. The molecule has 0 bridgehead atoms. The van der Waals surface area contributed by atoms with E-state index in [2.05, 4.69) is 11.7 Å². The second kappa shape index (κ2) is 23.7. The van der Waals surface area contributed by atoms with Gasteiger partial charge in [-0.05, 0) is 6.42 Å². The number of hydrogen-bond acceptors (Lipinski definition) is 2. The van der Waals surface area contributed by atoms with Gasteiger partial charge in [-0.3, -0.25) is 4.79 Å². The van der Waals surface area contributed by atoms with Crippen LogP contribution in [-0.2, 0) is 9.53 Å². The molecule has 0 rings (SSSR count). The maximum atomic E-state index is 9.94. The first-order chi connectivity index (χ1) is 10.4. The predicted octanol–water partition coefficient (Wildman–Crippen LogP) is 6.04. The van der Waals surface area contributed by atoms with E-state index in [1.807, 2.05) is 0 Å². The van der Waals surface area contributed by atoms with Crippen LogP contribution >= 0.6 is 0 Å². The van der Waals surface area contributed by atoms with E-state index >= 15 is 0 Å². The predicted molar refractivity (Wildman–Crippen MR) is 97.3 cm³/mol. The SMILES string of the molecule is CCCCCCCCCCCCCCCCCCOC=O.[Na]. The van der Waals surface area contributed by atoms with Crippen molar-refractivity contribution in [3.8, 4) is 0 Å². The van der Waals surface area contributed by atoms with Crippen molar-refractivity contribution >= 4 is 36.0 Å². The average molecular weight is 322 g/mol. The molecule has 0 aliphatic carbocycles. The third-order valence-electron chi connectivity index (χ3n) is 4.18. The van der Waals surface area contributed by atoms with Crippen LogP contribution in [0.1, 0.15) is 110 Å². The Morgan fingerprint density at radius 1 is 0.591 bits per heavy atom. The van der Waals surface area contributed by atoms with Crippen molar-refractivity contribution in [1.82, 2.24) is 0 Å². The first kappa shape index (κ1) is 24.7. The van der Waals surface area contributed by atoms with Crippen molar-refractivity contribution in [3.05, 3.63) is 0 Å². The Balaban J connectivity index is 0. The van der Waals surface area contributed by atoms with Crippen LogP contribution in [0, 0.1) is 0 Å². The molecule has 3 heteroatoms. The van der Waals surface area contributed by atoms with Gasteiger partial charge in [-0.2, -0.15) is 0 Å². The van der Waals surface area contributed by atoms with Crippen molar-refractivity contribution in [2.24, 2.45) is 0 Å². The summed E-state index contributed by atoms with van der Waals surface area (Å²) in [5, 5.41) is 0. The topological polar surface area (TPSA) is 26.3 Å². The van der Waals surface area contributed by atoms with E-state index in [9.17, 15) is 4.79 Å². The molecule has 0 saturated carbocycles. The van der Waals surface area contributed by atoms with Crippen LogP contribution < -0.4 is 0 Å². The Labute approximate surface area is 161 Å². The third-order valence-corrected chi connectivity index (χ3v) is 4.18. The number of ether oxygens (including phenoxy) is 1. The van der Waals surface area contributed by atoms with Gasteiger partial charge in [0.2, 0.25) is 0 Å². The van der Waals surface area contributed by atoms with Gasteiger partial charge in [0.05, 0.1) is 6.61 Å². The summed E-state index contributed by atoms with van der Waals surface area (Å²) in [4.78, 5) is 9.94. The van der Waals surface area contributed by atoms with E-state index in [0.717, 1.165) is 6.42 Å². The fourth-order valence-electron chi connectivity index (χ4n) is 2.78. The monoisotopic (exact) mass is 321 g/mol. The van der Waals surface area contributed by atoms with Crippen molar-refractivity contribution < 1.29 is 9.53 Å². The van der Waals surface area contributed by atoms with Crippen LogP contribution in [0.3, 0.4) is 0 Å². The van der Waals surface area contributed by atoms with Crippen molar-refractivity contribution in [2.75, 3.05) is 6.61 Å². The fourth-order valence-corrected chi connectivity index (χ4v) is 2.78. The Hall–Kier alpha value is 0.470. The van der Waals surface area contributed by atoms with E-state index in [-0.39, 0.29) is 29.6 Å². The van der Waals surface area contributed by atoms with Crippen LogP contribution in [0.25, 0.3) is 0 Å². The van der Waals surface area contributed by atoms with Crippen LogP contribution in [0.15, 0.2) is 0 Å². The van der Waals surface area contributed by atoms with E-state index in [4.69, 9.17) is 0 Å². The average Bonchev–Trinajstić information content (AvgIpc) is 2.50. The first-order valence-corrected chi connectivity index (χ1v) is 9.47. The molecule has 0 amide bonds. The van der Waals surface area contributed by atoms with Crippen molar-refractivity contribution in [3.63, 3.8) is 0 Å². The maximum absolute atomic E-state index is 9.94. The first-order valence-electron chi connectivity index (χ1n) is 9.47. The van der Waals surface area contributed by atoms with E-state index < -0.39 is 0 Å². The molecule has 22 heavy (non-hydrogen) atoms. The van der Waals surface area contributed by atoms with Gasteiger partial charge >= 0.3 is 0 Å². The smallest absolute Gasteiger partial charge is 0.293 e. The van der Waals surface area contributed by atoms with E-state index in [1.165, 1.54) is 96.3 Å². The summed E-state index contributed by atoms with van der Waals surface area (Å²) in [7, 11) is 0. The van der Waals surface area contributed by atoms with Gasteiger partial charge in [0.25, 0.3) is 6.47 Å². The summed E-state index contributed by atoms with van der Waals surface area (Å²) >= 11 is 0. The molecule has 1 radical (unpaired) electrons. The van der Waals surface area contributed by atoms with Gasteiger partial charge in [0.15, 0.2) is 0 Å². The molecular formula is C19H38NaO2. The zero-order valence-electron chi connectivity index (χ0n) is 15.4. The number of carbonyl (C=O) groups excluding carboxylic acids is 1. The summed E-state index contributed by atoms with van der Waals surface area (Å²) in [5.41, 5.74) is 0. The van der Waals surface area contributed by atoms with Crippen LogP contribution in [-0.4, -0.2) is 42.6 Å². The Morgan fingerprint density at radius 2 is 0.909 bits per heavy atom. The third kappa shape index (κ3) is 22.7. The molecule has 0 aromatic carbocycles. The van der Waals surface area contributed by atoms with Gasteiger partial charge in [-0.25, -0.2) is 0 Å². The van der Waals surface area contributed by atoms with Gasteiger partial charge < -0.3 is 4.74 Å². The summed E-state index contributed by atoms with van der Waals surface area (Å²) in [5.74, 6) is 0. The molecule has 127 valence electrons. The Morgan fingerprint density at radius 3 is 1.23 bits per heavy atom. The molecule has 0 saturated heterocycles. The summed E-state index contributed by atoms with van der Waals surface area (Å²) in [6.07, 6.45) is 22.0. The van der Waals surface area contributed by atoms with Crippen LogP contribution in [0.2, 0.25) is 0 Å². The van der Waals surface area contributed by atoms with Gasteiger partial charge in [0.1, 0.15) is 0 Å². The van der Waals surface area contributed by atoms with Crippen LogP contribution in [0.4, 0.5) is 0 Å². The van der Waals surface area contributed by atoms with E-state index in [0.29, 0.717) is 13.1 Å². The molecule has 0 aromatic heterocycles. The molecular weight excluding hydrogens is 283 g/mol. The summed E-state index contributed by atoms with van der Waals surface area (Å²) in [6, 6.07) is 0. The molecule has 0 unspecified atom stereocenters. The Kier molecular flexibility index (Phi) is 26.7. The number of hydrogen-bond donors (Lipinski definition) is 0. The molecule has 0 heterocycles. The second-order valence-electron chi connectivity index (χ2n) is 6.27. The summed E-state index contributed by atoms with van der Waals surface area (Å²) < 4.78 is 4.67. The molecule has 0 atom stereocenters. The van der Waals surface area contributed by atoms with Gasteiger partial charge in [0, 0.05) is 29.6 Å². The molecule has 0 aliphatic heterocycles. The second-order valence-corrected chi connectivity index (χ2v) is 6.27. The zero-order valence-corrected chi connectivity index (χ0v) is 17.4. The molecule has 0 aromatic rings. The molecule has 2 nitrogen and oxygen atoms in total. The molecule has 0 spiro atoms. The quantitative estimate of drug-likeness (QED) is 0.175. The minimum atomic E-state index is 0. The summed E-state index contributed by atoms with van der Waals surface area (Å²) in [6.45, 7) is 3.43. The standard InChI is InChI=1S/C19H38O2.Na/c1-2-3-4-5-6-7-8-9-10-11-12-13-14-15-16-17-18-21-19-20;/h19H,2-18H2,1H3;. The van der Waals surface area contributed by atoms with Crippen LogP contribution in [0.5, 0.6) is 0 Å². The fraction of sp³-hybridized carbons (Fsp3) is 0.947. The van der Waals surface area contributed by atoms with Crippen molar-refractivity contribution in [2.45, 2.75) is 110 Å². The maximum Gasteiger partial charge on any atom is 0.293 e. The minimum Gasteiger partial charge on any atom is -0.468 e. The van der Waals surface area contributed by atoms with Gasteiger partial charge in [-0.15, -0.1) is 0 Å². The minimum absolute atomic E-state index is 0. The van der Waals surface area contributed by atoms with Gasteiger partial charge in [-0.1, -0.05) is 103 Å². The van der Waals surface area contributed by atoms with E-state index in [1.54, 1.807) is 0 Å². The molecule has 0 aliphatic rings. The Bertz CT molecular complexity index is 198. The van der Waals surface area contributed by atoms with Crippen molar-refractivity contribution in [1.29, 1.82) is 0 Å².